The second-order valence-corrected chi connectivity index (χ2v) is 5.76. The summed E-state index contributed by atoms with van der Waals surface area (Å²) in [7, 11) is 0. The zero-order valence-corrected chi connectivity index (χ0v) is 13.3. The largest absolute Gasteiger partial charge is 0.481 e. The van der Waals surface area contributed by atoms with Crippen LogP contribution in [0.2, 0.25) is 0 Å². The number of aliphatic carboxylic acids is 1. The van der Waals surface area contributed by atoms with Gasteiger partial charge < -0.3 is 10.4 Å². The minimum atomic E-state index is -0.975. The van der Waals surface area contributed by atoms with Crippen LogP contribution < -0.4 is 5.32 Å². The maximum Gasteiger partial charge on any atom is 0.304 e. The molecular weight excluding hydrogens is 290 g/mol. The number of amides is 1. The number of carboxylic acids is 1. The lowest BCUT2D eigenvalue weighted by Crippen LogP contribution is -2.29. The topological polar surface area (TPSA) is 66.4 Å². The van der Waals surface area contributed by atoms with Crippen LogP contribution in [0, 0.1) is 12.8 Å². The molecule has 0 saturated heterocycles. The van der Waals surface area contributed by atoms with Gasteiger partial charge in [-0.05, 0) is 30.5 Å². The molecule has 1 amide bonds. The minimum absolute atomic E-state index is 0.183. The molecule has 0 heterocycles. The number of carbonyl (C=O) groups is 2. The van der Waals surface area contributed by atoms with E-state index in [1.807, 2.05) is 68.4 Å². The Hall–Kier alpha value is -2.62. The fraction of sp³-hybridized carbons (Fsp3) is 0.263. The van der Waals surface area contributed by atoms with Crippen molar-refractivity contribution in [3.8, 4) is 0 Å². The van der Waals surface area contributed by atoms with Gasteiger partial charge in [0.25, 0.3) is 0 Å². The second-order valence-electron chi connectivity index (χ2n) is 5.76. The molecule has 0 fully saturated rings. The molecule has 4 nitrogen and oxygen atoms in total. The first-order valence-corrected chi connectivity index (χ1v) is 7.61. The average molecular weight is 311 g/mol. The van der Waals surface area contributed by atoms with Gasteiger partial charge in [-0.2, -0.15) is 0 Å². The predicted molar refractivity (Wildman–Crippen MR) is 90.4 cm³/mol. The minimum Gasteiger partial charge on any atom is -0.481 e. The second kappa shape index (κ2) is 7.58. The van der Waals surface area contributed by atoms with E-state index in [2.05, 4.69) is 5.32 Å². The Morgan fingerprint density at radius 1 is 1.04 bits per heavy atom. The number of aryl methyl sites for hydroxylation is 1. The van der Waals surface area contributed by atoms with Crippen LogP contribution in [0.1, 0.15) is 30.4 Å². The zero-order chi connectivity index (χ0) is 16.8. The lowest BCUT2D eigenvalue weighted by Gasteiger charge is -2.22. The maximum absolute atomic E-state index is 12.6. The molecule has 4 heteroatoms. The molecule has 2 aromatic carbocycles. The van der Waals surface area contributed by atoms with Crippen LogP contribution in [0.25, 0.3) is 0 Å². The van der Waals surface area contributed by atoms with Crippen LogP contribution in [-0.2, 0) is 9.59 Å². The van der Waals surface area contributed by atoms with Crippen LogP contribution in [0.3, 0.4) is 0 Å². The van der Waals surface area contributed by atoms with Crippen molar-refractivity contribution in [3.05, 3.63) is 65.7 Å². The summed E-state index contributed by atoms with van der Waals surface area (Å²) in [5.41, 5.74) is 2.73. The molecule has 0 aliphatic rings. The summed E-state index contributed by atoms with van der Waals surface area (Å²) in [5.74, 6) is -2.06. The lowest BCUT2D eigenvalue weighted by atomic mass is 9.84. The molecule has 2 rings (SSSR count). The normalized spacial score (nSPS) is 13.1. The van der Waals surface area contributed by atoms with Crippen LogP contribution in [0.15, 0.2) is 54.6 Å². The summed E-state index contributed by atoms with van der Waals surface area (Å²) in [6.45, 7) is 3.86. The van der Waals surface area contributed by atoms with Crippen LogP contribution in [0.4, 0.5) is 5.69 Å². The van der Waals surface area contributed by atoms with E-state index in [9.17, 15) is 9.59 Å². The number of nitrogens with one attached hydrogen (secondary N) is 1. The predicted octanol–water partition coefficient (Wildman–Crippen LogP) is 3.83. The van der Waals surface area contributed by atoms with Crippen molar-refractivity contribution in [3.63, 3.8) is 0 Å². The summed E-state index contributed by atoms with van der Waals surface area (Å²) >= 11 is 0. The first kappa shape index (κ1) is 16.7. The lowest BCUT2D eigenvalue weighted by molar-refractivity contribution is -0.140. The van der Waals surface area contributed by atoms with Gasteiger partial charge >= 0.3 is 5.97 Å². The first-order valence-electron chi connectivity index (χ1n) is 7.61. The number of rotatable bonds is 6. The smallest absolute Gasteiger partial charge is 0.304 e. The molecule has 0 bridgehead atoms. The van der Waals surface area contributed by atoms with E-state index in [-0.39, 0.29) is 18.2 Å². The summed E-state index contributed by atoms with van der Waals surface area (Å²) in [6.07, 6.45) is -0.201. The Balaban J connectivity index is 2.18. The van der Waals surface area contributed by atoms with E-state index in [1.165, 1.54) is 0 Å². The van der Waals surface area contributed by atoms with Crippen molar-refractivity contribution < 1.29 is 14.7 Å². The molecule has 2 aromatic rings. The number of benzene rings is 2. The monoisotopic (exact) mass is 311 g/mol. The van der Waals surface area contributed by atoms with Crippen molar-refractivity contribution in [1.29, 1.82) is 0 Å². The Kier molecular flexibility index (Phi) is 5.52. The van der Waals surface area contributed by atoms with Crippen molar-refractivity contribution in [2.75, 3.05) is 5.32 Å². The summed E-state index contributed by atoms with van der Waals surface area (Å²) in [5, 5.41) is 12.0. The van der Waals surface area contributed by atoms with Crippen molar-refractivity contribution in [2.45, 2.75) is 26.2 Å². The third kappa shape index (κ3) is 4.68. The molecule has 0 aromatic heterocycles. The van der Waals surface area contributed by atoms with E-state index < -0.39 is 11.9 Å². The van der Waals surface area contributed by atoms with E-state index in [1.54, 1.807) is 0 Å². The molecule has 23 heavy (non-hydrogen) atoms. The average Bonchev–Trinajstić information content (AvgIpc) is 2.54. The van der Waals surface area contributed by atoms with Crippen LogP contribution >= 0.6 is 0 Å². The molecule has 0 aliphatic carbocycles. The Bertz CT molecular complexity index is 665. The van der Waals surface area contributed by atoms with Crippen LogP contribution in [0.5, 0.6) is 0 Å². The highest BCUT2D eigenvalue weighted by atomic mass is 16.4. The molecule has 0 unspecified atom stereocenters. The number of hydrogen-bond donors (Lipinski definition) is 2. The van der Waals surface area contributed by atoms with Gasteiger partial charge in [0.15, 0.2) is 0 Å². The molecule has 120 valence electrons. The molecular formula is C19H21NO3. The molecule has 0 saturated carbocycles. The van der Waals surface area contributed by atoms with Crippen molar-refractivity contribution >= 4 is 17.6 Å². The van der Waals surface area contributed by atoms with Gasteiger partial charge in [-0.3, -0.25) is 9.59 Å². The van der Waals surface area contributed by atoms with Gasteiger partial charge in [-0.25, -0.2) is 0 Å². The van der Waals surface area contributed by atoms with E-state index >= 15 is 0 Å². The fourth-order valence-electron chi connectivity index (χ4n) is 2.55. The summed E-state index contributed by atoms with van der Waals surface area (Å²) in [6, 6.07) is 17.0. The summed E-state index contributed by atoms with van der Waals surface area (Å²) < 4.78 is 0. The number of carbonyl (C=O) groups excluding carboxylic acids is 1. The highest BCUT2D eigenvalue weighted by Crippen LogP contribution is 2.28. The molecule has 2 atom stereocenters. The van der Waals surface area contributed by atoms with Gasteiger partial charge in [-0.1, -0.05) is 55.0 Å². The Labute approximate surface area is 136 Å². The number of carboxylic acid groups (broad SMARTS) is 1. The first-order chi connectivity index (χ1) is 11.0. The van der Waals surface area contributed by atoms with Crippen LogP contribution in [-0.4, -0.2) is 17.0 Å². The van der Waals surface area contributed by atoms with Crippen molar-refractivity contribution in [1.82, 2.24) is 0 Å². The number of anilines is 1. The maximum atomic E-state index is 12.6. The van der Waals surface area contributed by atoms with Gasteiger partial charge in [0.05, 0.1) is 12.3 Å². The third-order valence-corrected chi connectivity index (χ3v) is 3.98. The summed E-state index contributed by atoms with van der Waals surface area (Å²) in [4.78, 5) is 23.7. The zero-order valence-electron chi connectivity index (χ0n) is 13.3. The molecule has 0 spiro atoms. The van der Waals surface area contributed by atoms with Gasteiger partial charge in [0.1, 0.15) is 0 Å². The van der Waals surface area contributed by atoms with E-state index in [0.29, 0.717) is 5.69 Å². The number of hydrogen-bond acceptors (Lipinski definition) is 2. The van der Waals surface area contributed by atoms with E-state index in [0.717, 1.165) is 11.1 Å². The Morgan fingerprint density at radius 3 is 2.22 bits per heavy atom. The van der Waals surface area contributed by atoms with Gasteiger partial charge in [-0.15, -0.1) is 0 Å². The van der Waals surface area contributed by atoms with Crippen molar-refractivity contribution in [2.24, 2.45) is 5.92 Å². The molecule has 2 N–H and O–H groups in total. The fourth-order valence-corrected chi connectivity index (χ4v) is 2.55. The standard InChI is InChI=1S/C19H21NO3/c1-13-8-10-16(11-9-13)20-19(23)17(12-18(21)22)14(2)15-6-4-3-5-7-15/h3-11,14,17H,12H2,1-2H3,(H,20,23)(H,21,22)/t14-,17+/m0/s1. The van der Waals surface area contributed by atoms with E-state index in [4.69, 9.17) is 5.11 Å². The molecule has 0 aliphatic heterocycles. The quantitative estimate of drug-likeness (QED) is 0.852. The van der Waals surface area contributed by atoms with Gasteiger partial charge in [0.2, 0.25) is 5.91 Å². The Morgan fingerprint density at radius 2 is 1.65 bits per heavy atom. The highest BCUT2D eigenvalue weighted by molar-refractivity contribution is 5.95. The molecule has 0 radical (unpaired) electrons. The SMILES string of the molecule is Cc1ccc(NC(=O)[C@H](CC(=O)O)[C@@H](C)c2ccccc2)cc1. The highest BCUT2D eigenvalue weighted by Gasteiger charge is 2.28. The third-order valence-electron chi connectivity index (χ3n) is 3.98. The van der Waals surface area contributed by atoms with Gasteiger partial charge in [0, 0.05) is 5.69 Å².